The van der Waals surface area contributed by atoms with Gasteiger partial charge in [0.2, 0.25) is 0 Å². The molecule has 4 nitrogen and oxygen atoms in total. The van der Waals surface area contributed by atoms with Gasteiger partial charge in [-0.1, -0.05) is 158 Å². The Morgan fingerprint density at radius 2 is 0.967 bits per heavy atom. The first-order chi connectivity index (χ1) is 29.8. The molecule has 3 aromatic heterocycles. The quantitative estimate of drug-likeness (QED) is 0.165. The van der Waals surface area contributed by atoms with E-state index >= 15 is 0 Å². The van der Waals surface area contributed by atoms with Gasteiger partial charge in [-0.25, -0.2) is 9.97 Å². The molecule has 0 aliphatic carbocycles. The third-order valence-corrected chi connectivity index (χ3v) is 13.0. The van der Waals surface area contributed by atoms with E-state index in [1.54, 1.807) is 0 Å². The van der Waals surface area contributed by atoms with E-state index in [2.05, 4.69) is 203 Å². The number of para-hydroxylation sites is 3. The molecule has 0 bridgehead atoms. The number of rotatable bonds is 2. The molecule has 0 unspecified atom stereocenters. The zero-order valence-electron chi connectivity index (χ0n) is 32.3. The fourth-order valence-electron chi connectivity index (χ4n) is 10.5. The highest BCUT2D eigenvalue weighted by atomic mass is 15.1. The molecule has 1 aliphatic rings. The number of nitrogens with zero attached hydrogens (tertiary/aromatic N) is 4. The minimum absolute atomic E-state index is 0.810. The Morgan fingerprint density at radius 3 is 1.80 bits per heavy atom. The number of fused-ring (bicyclic) bond motifs is 18. The second kappa shape index (κ2) is 11.8. The van der Waals surface area contributed by atoms with Crippen molar-refractivity contribution in [3.05, 3.63) is 194 Å². The summed E-state index contributed by atoms with van der Waals surface area (Å²) in [6.45, 7) is 0. The van der Waals surface area contributed by atoms with Crippen LogP contribution in [0.1, 0.15) is 0 Å². The summed E-state index contributed by atoms with van der Waals surface area (Å²) in [6.07, 6.45) is 0. The van der Waals surface area contributed by atoms with Crippen LogP contribution in [0.25, 0.3) is 132 Å². The third kappa shape index (κ3) is 4.14. The van der Waals surface area contributed by atoms with Crippen LogP contribution < -0.4 is 0 Å². The molecule has 0 amide bonds. The Morgan fingerprint density at radius 1 is 0.350 bits per heavy atom. The molecule has 4 heteroatoms. The van der Waals surface area contributed by atoms with E-state index in [4.69, 9.17) is 9.97 Å². The van der Waals surface area contributed by atoms with Gasteiger partial charge in [0.05, 0.1) is 38.8 Å². The summed E-state index contributed by atoms with van der Waals surface area (Å²) in [5.74, 6) is 0.810. The number of benzene rings is 10. The topological polar surface area (TPSA) is 35.6 Å². The predicted octanol–water partition coefficient (Wildman–Crippen LogP) is 14.6. The summed E-state index contributed by atoms with van der Waals surface area (Å²) < 4.78 is 4.92. The molecule has 0 spiro atoms. The standard InChI is InChI=1S/C56H32N4/c1-4-18-36-33(15-1)29-30-46-53(36)58-54(44-31-34-16-2-3-17-35(34)37-19-5-6-20-38(37)44)56(57-46)60-49-28-14-11-25-43(49)51-50(60)32-45-41-23-10-13-27-48(41)59-47-26-12-9-22-40(47)39-21-7-8-24-42(39)52(51)55(45)59/h1-32H. The second-order valence-corrected chi connectivity index (χ2v) is 16.1. The summed E-state index contributed by atoms with van der Waals surface area (Å²) in [7, 11) is 0. The van der Waals surface area contributed by atoms with E-state index < -0.39 is 0 Å². The average Bonchev–Trinajstić information content (AvgIpc) is 3.78. The summed E-state index contributed by atoms with van der Waals surface area (Å²) in [6, 6.07) is 70.6. The lowest BCUT2D eigenvalue weighted by Gasteiger charge is -2.17. The SMILES string of the molecule is c1ccc2c(c1)-c1ccccc1-n1c3ccccc3c3cc4c(c-2c31)c1ccccc1n4-c1nc2ccc3ccccc3c2nc1-c1cc2ccccc2c2ccccc12. The Labute approximate surface area is 343 Å². The van der Waals surface area contributed by atoms with Gasteiger partial charge >= 0.3 is 0 Å². The van der Waals surface area contributed by atoms with Gasteiger partial charge in [0, 0.05) is 43.6 Å². The fourth-order valence-corrected chi connectivity index (χ4v) is 10.5. The van der Waals surface area contributed by atoms with E-state index in [1.165, 1.54) is 76.7 Å². The lowest BCUT2D eigenvalue weighted by Crippen LogP contribution is -2.04. The molecule has 60 heavy (non-hydrogen) atoms. The minimum Gasteiger partial charge on any atom is -0.308 e. The Balaban J connectivity index is 1.22. The molecule has 0 radical (unpaired) electrons. The van der Waals surface area contributed by atoms with Gasteiger partial charge in [-0.2, -0.15) is 0 Å². The molecule has 14 rings (SSSR count). The fraction of sp³-hybridized carbons (Fsp3) is 0. The van der Waals surface area contributed by atoms with Crippen molar-refractivity contribution in [3.8, 4) is 45.0 Å². The van der Waals surface area contributed by atoms with E-state index in [0.717, 1.165) is 55.3 Å². The molecule has 0 saturated heterocycles. The largest absolute Gasteiger partial charge is 0.308 e. The lowest BCUT2D eigenvalue weighted by atomic mass is 9.91. The van der Waals surface area contributed by atoms with Gasteiger partial charge in [0.1, 0.15) is 5.69 Å². The molecular formula is C56H32N4. The first-order valence-corrected chi connectivity index (χ1v) is 20.6. The summed E-state index contributed by atoms with van der Waals surface area (Å²) in [5, 5.41) is 11.8. The summed E-state index contributed by atoms with van der Waals surface area (Å²) >= 11 is 0. The van der Waals surface area contributed by atoms with Crippen LogP contribution in [0.4, 0.5) is 0 Å². The molecule has 4 heterocycles. The van der Waals surface area contributed by atoms with Crippen LogP contribution >= 0.6 is 0 Å². The maximum absolute atomic E-state index is 5.76. The van der Waals surface area contributed by atoms with Crippen molar-refractivity contribution in [1.29, 1.82) is 0 Å². The lowest BCUT2D eigenvalue weighted by molar-refractivity contribution is 1.08. The first-order valence-electron chi connectivity index (χ1n) is 20.6. The van der Waals surface area contributed by atoms with Gasteiger partial charge in [0.25, 0.3) is 0 Å². The molecule has 13 aromatic rings. The molecule has 1 aliphatic heterocycles. The zero-order chi connectivity index (χ0) is 39.1. The maximum Gasteiger partial charge on any atom is 0.165 e. The van der Waals surface area contributed by atoms with Crippen molar-refractivity contribution in [3.63, 3.8) is 0 Å². The highest BCUT2D eigenvalue weighted by Gasteiger charge is 2.30. The van der Waals surface area contributed by atoms with Crippen molar-refractivity contribution >= 4 is 87.0 Å². The Hall–Kier alpha value is -8.08. The monoisotopic (exact) mass is 760 g/mol. The van der Waals surface area contributed by atoms with Gasteiger partial charge in [0.15, 0.2) is 5.82 Å². The predicted molar refractivity (Wildman–Crippen MR) is 251 cm³/mol. The average molecular weight is 761 g/mol. The summed E-state index contributed by atoms with van der Waals surface area (Å²) in [5.41, 5.74) is 14.4. The molecule has 0 atom stereocenters. The minimum atomic E-state index is 0.810. The highest BCUT2D eigenvalue weighted by molar-refractivity contribution is 6.29. The van der Waals surface area contributed by atoms with E-state index in [1.807, 2.05) is 0 Å². The maximum atomic E-state index is 5.76. The Kier molecular flexibility index (Phi) is 6.26. The summed E-state index contributed by atoms with van der Waals surface area (Å²) in [4.78, 5) is 11.5. The zero-order valence-corrected chi connectivity index (χ0v) is 32.3. The number of aromatic nitrogens is 4. The van der Waals surface area contributed by atoms with Gasteiger partial charge in [-0.15, -0.1) is 0 Å². The first kappa shape index (κ1) is 31.9. The van der Waals surface area contributed by atoms with Crippen LogP contribution in [-0.2, 0) is 0 Å². The van der Waals surface area contributed by atoms with E-state index in [9.17, 15) is 0 Å². The van der Waals surface area contributed by atoms with Crippen LogP contribution in [0.2, 0.25) is 0 Å². The number of hydrogen-bond acceptors (Lipinski definition) is 2. The van der Waals surface area contributed by atoms with Crippen LogP contribution in [0, 0.1) is 0 Å². The molecule has 0 N–H and O–H groups in total. The second-order valence-electron chi connectivity index (χ2n) is 16.1. The normalized spacial score (nSPS) is 12.3. The van der Waals surface area contributed by atoms with Crippen molar-refractivity contribution in [2.24, 2.45) is 0 Å². The van der Waals surface area contributed by atoms with Crippen molar-refractivity contribution in [2.75, 3.05) is 0 Å². The van der Waals surface area contributed by atoms with Crippen LogP contribution in [0.15, 0.2) is 194 Å². The molecule has 276 valence electrons. The van der Waals surface area contributed by atoms with Crippen LogP contribution in [0.5, 0.6) is 0 Å². The van der Waals surface area contributed by atoms with Crippen molar-refractivity contribution < 1.29 is 0 Å². The van der Waals surface area contributed by atoms with E-state index in [-0.39, 0.29) is 0 Å². The number of hydrogen-bond donors (Lipinski definition) is 0. The van der Waals surface area contributed by atoms with Gasteiger partial charge < -0.3 is 4.57 Å². The van der Waals surface area contributed by atoms with Crippen molar-refractivity contribution in [2.45, 2.75) is 0 Å². The molecule has 0 saturated carbocycles. The molecular weight excluding hydrogens is 729 g/mol. The van der Waals surface area contributed by atoms with Crippen LogP contribution in [-0.4, -0.2) is 19.1 Å². The smallest absolute Gasteiger partial charge is 0.165 e. The highest BCUT2D eigenvalue weighted by Crippen LogP contribution is 2.52. The van der Waals surface area contributed by atoms with Crippen LogP contribution in [0.3, 0.4) is 0 Å². The Bertz CT molecular complexity index is 4020. The van der Waals surface area contributed by atoms with Gasteiger partial charge in [-0.3, -0.25) is 4.57 Å². The third-order valence-electron chi connectivity index (χ3n) is 13.0. The molecule has 0 fully saturated rings. The molecule has 10 aromatic carbocycles. The van der Waals surface area contributed by atoms with Gasteiger partial charge in [-0.05, 0) is 74.5 Å². The van der Waals surface area contributed by atoms with Crippen molar-refractivity contribution in [1.82, 2.24) is 19.1 Å². The van der Waals surface area contributed by atoms with E-state index in [0.29, 0.717) is 0 Å².